The molecule has 3 unspecified atom stereocenters. The van der Waals surface area contributed by atoms with Gasteiger partial charge in [0.1, 0.15) is 0 Å². The van der Waals surface area contributed by atoms with E-state index in [0.717, 1.165) is 12.0 Å². The van der Waals surface area contributed by atoms with Crippen LogP contribution in [0.2, 0.25) is 0 Å². The molecule has 2 heteroatoms. The highest BCUT2D eigenvalue weighted by molar-refractivity contribution is 4.87. The van der Waals surface area contributed by atoms with Gasteiger partial charge in [0.15, 0.2) is 0 Å². The lowest BCUT2D eigenvalue weighted by atomic mass is 9.94. The van der Waals surface area contributed by atoms with Crippen molar-refractivity contribution in [1.29, 1.82) is 0 Å². The van der Waals surface area contributed by atoms with E-state index in [9.17, 15) is 0 Å². The summed E-state index contributed by atoms with van der Waals surface area (Å²) in [6, 6.07) is 1.31. The summed E-state index contributed by atoms with van der Waals surface area (Å²) in [6.45, 7) is 5.00. The van der Waals surface area contributed by atoms with Crippen molar-refractivity contribution in [1.82, 2.24) is 4.90 Å². The molecule has 1 heterocycles. The molecule has 1 aliphatic carbocycles. The van der Waals surface area contributed by atoms with Gasteiger partial charge in [0.2, 0.25) is 0 Å². The molecule has 14 heavy (non-hydrogen) atoms. The van der Waals surface area contributed by atoms with Crippen molar-refractivity contribution in [2.24, 2.45) is 11.7 Å². The number of likely N-dealkylation sites (tertiary alicyclic amines) is 1. The maximum atomic E-state index is 5.97. The van der Waals surface area contributed by atoms with Gasteiger partial charge in [-0.05, 0) is 44.6 Å². The highest BCUT2D eigenvalue weighted by atomic mass is 15.2. The first kappa shape index (κ1) is 10.4. The minimum absolute atomic E-state index is 0.488. The molecule has 82 valence electrons. The Hall–Kier alpha value is -0.0800. The number of hydrogen-bond acceptors (Lipinski definition) is 2. The van der Waals surface area contributed by atoms with Crippen LogP contribution in [0.3, 0.4) is 0 Å². The molecule has 0 bridgehead atoms. The van der Waals surface area contributed by atoms with Crippen LogP contribution in [0.15, 0.2) is 0 Å². The first-order valence-corrected chi connectivity index (χ1v) is 6.29. The predicted octanol–water partition coefficient (Wildman–Crippen LogP) is 1.99. The van der Waals surface area contributed by atoms with E-state index in [1.54, 1.807) is 0 Å². The third kappa shape index (κ3) is 2.29. The van der Waals surface area contributed by atoms with Gasteiger partial charge in [-0.2, -0.15) is 0 Å². The summed E-state index contributed by atoms with van der Waals surface area (Å²) in [6.07, 6.45) is 8.05. The highest BCUT2D eigenvalue weighted by Gasteiger charge is 2.29. The summed E-state index contributed by atoms with van der Waals surface area (Å²) < 4.78 is 0. The van der Waals surface area contributed by atoms with E-state index in [1.165, 1.54) is 51.6 Å². The molecule has 2 rings (SSSR count). The molecular weight excluding hydrogens is 172 g/mol. The Bertz CT molecular complexity index is 181. The van der Waals surface area contributed by atoms with Crippen molar-refractivity contribution >= 4 is 0 Å². The van der Waals surface area contributed by atoms with Gasteiger partial charge in [-0.25, -0.2) is 0 Å². The van der Waals surface area contributed by atoms with Gasteiger partial charge in [-0.15, -0.1) is 0 Å². The maximum absolute atomic E-state index is 5.97. The lowest BCUT2D eigenvalue weighted by Gasteiger charge is -2.36. The maximum Gasteiger partial charge on any atom is 0.0111 e. The summed E-state index contributed by atoms with van der Waals surface area (Å²) in [7, 11) is 0. The van der Waals surface area contributed by atoms with Crippen LogP contribution in [0, 0.1) is 5.92 Å². The molecule has 2 aliphatic rings. The van der Waals surface area contributed by atoms with Crippen LogP contribution >= 0.6 is 0 Å². The average molecular weight is 196 g/mol. The molecule has 0 spiro atoms. The molecule has 1 aliphatic heterocycles. The quantitative estimate of drug-likeness (QED) is 0.732. The number of hydrogen-bond donors (Lipinski definition) is 1. The Labute approximate surface area is 87.8 Å². The van der Waals surface area contributed by atoms with Crippen molar-refractivity contribution in [3.05, 3.63) is 0 Å². The van der Waals surface area contributed by atoms with Gasteiger partial charge in [-0.3, -0.25) is 0 Å². The molecular formula is C12H24N2. The van der Waals surface area contributed by atoms with E-state index < -0.39 is 0 Å². The Morgan fingerprint density at radius 3 is 2.79 bits per heavy atom. The molecule has 0 amide bonds. The second-order valence-electron chi connectivity index (χ2n) is 5.14. The third-order valence-corrected chi connectivity index (χ3v) is 4.09. The molecule has 2 nitrogen and oxygen atoms in total. The van der Waals surface area contributed by atoms with E-state index >= 15 is 0 Å². The smallest absolute Gasteiger partial charge is 0.0111 e. The summed E-state index contributed by atoms with van der Waals surface area (Å²) in [5.41, 5.74) is 5.97. The number of piperidine rings is 1. The molecule has 0 aromatic heterocycles. The summed E-state index contributed by atoms with van der Waals surface area (Å²) in [5, 5.41) is 0. The minimum atomic E-state index is 0.488. The second kappa shape index (κ2) is 4.63. The summed E-state index contributed by atoms with van der Waals surface area (Å²) in [5.74, 6) is 0.959. The number of rotatable bonds is 2. The van der Waals surface area contributed by atoms with E-state index in [2.05, 4.69) is 11.8 Å². The molecule has 1 saturated heterocycles. The fourth-order valence-electron chi connectivity index (χ4n) is 3.09. The van der Waals surface area contributed by atoms with Gasteiger partial charge in [0, 0.05) is 18.6 Å². The van der Waals surface area contributed by atoms with Gasteiger partial charge in [0.25, 0.3) is 0 Å². The minimum Gasteiger partial charge on any atom is -0.328 e. The normalized spacial score (nSPS) is 40.3. The Morgan fingerprint density at radius 1 is 1.29 bits per heavy atom. The van der Waals surface area contributed by atoms with Crippen molar-refractivity contribution in [2.45, 2.75) is 57.5 Å². The van der Waals surface area contributed by atoms with E-state index in [0.29, 0.717) is 6.04 Å². The largest absolute Gasteiger partial charge is 0.328 e. The lowest BCUT2D eigenvalue weighted by Crippen LogP contribution is -2.42. The van der Waals surface area contributed by atoms with E-state index in [4.69, 9.17) is 5.73 Å². The van der Waals surface area contributed by atoms with E-state index in [-0.39, 0.29) is 0 Å². The van der Waals surface area contributed by atoms with Crippen molar-refractivity contribution < 1.29 is 0 Å². The van der Waals surface area contributed by atoms with Crippen molar-refractivity contribution in [2.75, 3.05) is 13.1 Å². The Morgan fingerprint density at radius 2 is 2.14 bits per heavy atom. The monoisotopic (exact) mass is 196 g/mol. The molecule has 0 aromatic rings. The van der Waals surface area contributed by atoms with Crippen molar-refractivity contribution in [3.63, 3.8) is 0 Å². The average Bonchev–Trinajstić information content (AvgIpc) is 2.65. The molecule has 2 N–H and O–H groups in total. The highest BCUT2D eigenvalue weighted by Crippen LogP contribution is 2.28. The molecule has 1 saturated carbocycles. The van der Waals surface area contributed by atoms with Crippen LogP contribution in [-0.4, -0.2) is 30.1 Å². The molecule has 0 radical (unpaired) electrons. The van der Waals surface area contributed by atoms with Gasteiger partial charge in [0.05, 0.1) is 0 Å². The van der Waals surface area contributed by atoms with E-state index in [1.807, 2.05) is 0 Å². The Kier molecular flexibility index (Phi) is 3.45. The van der Waals surface area contributed by atoms with Crippen LogP contribution in [0.4, 0.5) is 0 Å². The van der Waals surface area contributed by atoms with Gasteiger partial charge >= 0.3 is 0 Å². The second-order valence-corrected chi connectivity index (χ2v) is 5.14. The lowest BCUT2D eigenvalue weighted by molar-refractivity contribution is 0.122. The Balaban J connectivity index is 1.84. The molecule has 3 atom stereocenters. The fraction of sp³-hybridized carbons (Fsp3) is 1.00. The topological polar surface area (TPSA) is 29.3 Å². The zero-order valence-corrected chi connectivity index (χ0v) is 9.41. The van der Waals surface area contributed by atoms with Crippen LogP contribution in [0.25, 0.3) is 0 Å². The zero-order chi connectivity index (χ0) is 9.97. The molecule has 0 aromatic carbocycles. The van der Waals surface area contributed by atoms with Gasteiger partial charge < -0.3 is 10.6 Å². The van der Waals surface area contributed by atoms with Crippen molar-refractivity contribution in [3.8, 4) is 0 Å². The summed E-state index contributed by atoms with van der Waals surface area (Å²) in [4.78, 5) is 2.71. The predicted molar refractivity (Wildman–Crippen MR) is 60.2 cm³/mol. The van der Waals surface area contributed by atoms with Crippen LogP contribution in [0.5, 0.6) is 0 Å². The number of nitrogens with zero attached hydrogens (tertiary/aromatic N) is 1. The SMILES string of the molecule is CCC1CCCN(C2CCC(N)C2)C1. The van der Waals surface area contributed by atoms with Crippen LogP contribution < -0.4 is 5.73 Å². The number of nitrogens with two attached hydrogens (primary N) is 1. The van der Waals surface area contributed by atoms with Crippen LogP contribution in [-0.2, 0) is 0 Å². The van der Waals surface area contributed by atoms with Gasteiger partial charge in [-0.1, -0.05) is 13.3 Å². The standard InChI is InChI=1S/C12H24N2/c1-2-10-4-3-7-14(9-10)12-6-5-11(13)8-12/h10-12H,2-9,13H2,1H3. The first-order chi connectivity index (χ1) is 6.79. The first-order valence-electron chi connectivity index (χ1n) is 6.29. The zero-order valence-electron chi connectivity index (χ0n) is 9.41. The fourth-order valence-corrected chi connectivity index (χ4v) is 3.09. The molecule has 2 fully saturated rings. The summed E-state index contributed by atoms with van der Waals surface area (Å²) >= 11 is 0. The third-order valence-electron chi connectivity index (χ3n) is 4.09. The van der Waals surface area contributed by atoms with Crippen LogP contribution in [0.1, 0.15) is 45.4 Å².